The summed E-state index contributed by atoms with van der Waals surface area (Å²) in [6, 6.07) is 5.26. The summed E-state index contributed by atoms with van der Waals surface area (Å²) in [4.78, 5) is 16.4. The first-order valence-electron chi connectivity index (χ1n) is 7.24. The Balaban J connectivity index is 1.91. The fourth-order valence-electron chi connectivity index (χ4n) is 2.41. The van der Waals surface area contributed by atoms with E-state index < -0.39 is 0 Å². The van der Waals surface area contributed by atoms with Crippen molar-refractivity contribution >= 4 is 35.2 Å². The quantitative estimate of drug-likeness (QED) is 0.790. The Labute approximate surface area is 136 Å². The van der Waals surface area contributed by atoms with Gasteiger partial charge in [-0.1, -0.05) is 36.2 Å². The van der Waals surface area contributed by atoms with Gasteiger partial charge in [-0.05, 0) is 36.7 Å². The Morgan fingerprint density at radius 3 is 2.57 bits per heavy atom. The molecule has 1 aromatic rings. The van der Waals surface area contributed by atoms with E-state index >= 15 is 0 Å². The molecule has 1 aliphatic rings. The lowest BCUT2D eigenvalue weighted by Crippen LogP contribution is -2.48. The number of amides is 1. The summed E-state index contributed by atoms with van der Waals surface area (Å²) in [5.74, 6) is 0.0390. The van der Waals surface area contributed by atoms with Crippen LogP contribution in [0.15, 0.2) is 24.3 Å². The van der Waals surface area contributed by atoms with Crippen molar-refractivity contribution in [1.82, 2.24) is 9.80 Å². The predicted octanol–water partition coefficient (Wildman–Crippen LogP) is 3.56. The number of carbonyl (C=O) groups excluding carboxylic acids is 1. The van der Waals surface area contributed by atoms with E-state index in [4.69, 9.17) is 23.2 Å². The predicted molar refractivity (Wildman–Crippen MR) is 88.8 cm³/mol. The van der Waals surface area contributed by atoms with Gasteiger partial charge in [-0.2, -0.15) is 0 Å². The van der Waals surface area contributed by atoms with Crippen LogP contribution in [0.3, 0.4) is 0 Å². The van der Waals surface area contributed by atoms with E-state index in [1.165, 1.54) is 0 Å². The second-order valence-electron chi connectivity index (χ2n) is 5.17. The number of carbonyl (C=O) groups is 1. The molecule has 0 unspecified atom stereocenters. The van der Waals surface area contributed by atoms with Crippen LogP contribution in [0.2, 0.25) is 10.0 Å². The number of nitrogens with zero attached hydrogens (tertiary/aromatic N) is 2. The highest BCUT2D eigenvalue weighted by Crippen LogP contribution is 2.22. The molecule has 0 aliphatic carbocycles. The SMILES string of the molecule is CCCN1CCN(C(=O)C=Cc2ccc(Cl)cc2Cl)CC1. The van der Waals surface area contributed by atoms with E-state index in [1.807, 2.05) is 11.0 Å². The normalized spacial score (nSPS) is 16.6. The minimum absolute atomic E-state index is 0.0390. The Hall–Kier alpha value is -1.03. The molecule has 1 aliphatic heterocycles. The average molecular weight is 327 g/mol. The highest BCUT2D eigenvalue weighted by molar-refractivity contribution is 6.35. The summed E-state index contributed by atoms with van der Waals surface area (Å²) >= 11 is 11.9. The third-order valence-corrected chi connectivity index (χ3v) is 4.15. The maximum absolute atomic E-state index is 12.2. The van der Waals surface area contributed by atoms with Crippen molar-refractivity contribution in [2.75, 3.05) is 32.7 Å². The Morgan fingerprint density at radius 2 is 1.95 bits per heavy atom. The molecule has 5 heteroatoms. The van der Waals surface area contributed by atoms with Gasteiger partial charge in [0.1, 0.15) is 0 Å². The van der Waals surface area contributed by atoms with Gasteiger partial charge >= 0.3 is 0 Å². The Morgan fingerprint density at radius 1 is 1.24 bits per heavy atom. The van der Waals surface area contributed by atoms with Crippen LogP contribution >= 0.6 is 23.2 Å². The first-order chi connectivity index (χ1) is 10.1. The van der Waals surface area contributed by atoms with Gasteiger partial charge in [0.25, 0.3) is 0 Å². The number of hydrogen-bond acceptors (Lipinski definition) is 2. The van der Waals surface area contributed by atoms with Gasteiger partial charge in [0.15, 0.2) is 0 Å². The van der Waals surface area contributed by atoms with E-state index in [9.17, 15) is 4.79 Å². The van der Waals surface area contributed by atoms with Crippen LogP contribution in [0.25, 0.3) is 6.08 Å². The molecule has 0 atom stereocenters. The number of halogens is 2. The minimum Gasteiger partial charge on any atom is -0.337 e. The molecule has 0 radical (unpaired) electrons. The van der Waals surface area contributed by atoms with Gasteiger partial charge in [0.2, 0.25) is 5.91 Å². The summed E-state index contributed by atoms with van der Waals surface area (Å²) < 4.78 is 0. The molecule has 1 saturated heterocycles. The van der Waals surface area contributed by atoms with Gasteiger partial charge in [0.05, 0.1) is 0 Å². The fourth-order valence-corrected chi connectivity index (χ4v) is 2.88. The van der Waals surface area contributed by atoms with Crippen LogP contribution in [0.5, 0.6) is 0 Å². The zero-order valence-corrected chi connectivity index (χ0v) is 13.7. The van der Waals surface area contributed by atoms with Gasteiger partial charge < -0.3 is 4.90 Å². The van der Waals surface area contributed by atoms with Crippen molar-refractivity contribution in [3.63, 3.8) is 0 Å². The molecule has 1 aromatic carbocycles. The lowest BCUT2D eigenvalue weighted by Gasteiger charge is -2.34. The highest BCUT2D eigenvalue weighted by Gasteiger charge is 2.18. The average Bonchev–Trinajstić information content (AvgIpc) is 2.47. The molecule has 2 rings (SSSR count). The summed E-state index contributed by atoms with van der Waals surface area (Å²) in [6.45, 7) is 6.77. The van der Waals surface area contributed by atoms with Gasteiger partial charge in [-0.3, -0.25) is 9.69 Å². The third kappa shape index (κ3) is 4.73. The summed E-state index contributed by atoms with van der Waals surface area (Å²) in [6.07, 6.45) is 4.49. The van der Waals surface area contributed by atoms with E-state index in [0.29, 0.717) is 10.0 Å². The zero-order valence-electron chi connectivity index (χ0n) is 12.2. The molecule has 0 spiro atoms. The monoisotopic (exact) mass is 326 g/mol. The van der Waals surface area contributed by atoms with Gasteiger partial charge in [-0.25, -0.2) is 0 Å². The van der Waals surface area contributed by atoms with Crippen LogP contribution in [0, 0.1) is 0 Å². The molecule has 1 fully saturated rings. The minimum atomic E-state index is 0.0390. The topological polar surface area (TPSA) is 23.6 Å². The number of rotatable bonds is 4. The highest BCUT2D eigenvalue weighted by atomic mass is 35.5. The van der Waals surface area contributed by atoms with Crippen molar-refractivity contribution in [2.24, 2.45) is 0 Å². The molecular formula is C16H20Cl2N2O. The molecule has 21 heavy (non-hydrogen) atoms. The largest absolute Gasteiger partial charge is 0.337 e. The fraction of sp³-hybridized carbons (Fsp3) is 0.438. The molecule has 1 heterocycles. The van der Waals surface area contributed by atoms with E-state index in [2.05, 4.69) is 11.8 Å². The lowest BCUT2D eigenvalue weighted by atomic mass is 10.2. The van der Waals surface area contributed by atoms with Crippen LogP contribution in [-0.4, -0.2) is 48.4 Å². The second-order valence-corrected chi connectivity index (χ2v) is 6.01. The summed E-state index contributed by atoms with van der Waals surface area (Å²) in [7, 11) is 0. The van der Waals surface area contributed by atoms with Crippen LogP contribution in [-0.2, 0) is 4.79 Å². The molecule has 0 N–H and O–H groups in total. The van der Waals surface area contributed by atoms with E-state index in [1.54, 1.807) is 24.3 Å². The maximum Gasteiger partial charge on any atom is 0.246 e. The summed E-state index contributed by atoms with van der Waals surface area (Å²) in [5, 5.41) is 1.15. The Bertz CT molecular complexity index is 523. The summed E-state index contributed by atoms with van der Waals surface area (Å²) in [5.41, 5.74) is 0.805. The van der Waals surface area contributed by atoms with Gasteiger partial charge in [-0.15, -0.1) is 0 Å². The zero-order chi connectivity index (χ0) is 15.2. The van der Waals surface area contributed by atoms with Crippen molar-refractivity contribution in [1.29, 1.82) is 0 Å². The first kappa shape index (κ1) is 16.3. The number of piperazine rings is 1. The van der Waals surface area contributed by atoms with Gasteiger partial charge in [0, 0.05) is 42.3 Å². The molecule has 114 valence electrons. The number of hydrogen-bond donors (Lipinski definition) is 0. The van der Waals surface area contributed by atoms with Crippen LogP contribution < -0.4 is 0 Å². The molecular weight excluding hydrogens is 307 g/mol. The van der Waals surface area contributed by atoms with E-state index in [-0.39, 0.29) is 5.91 Å². The maximum atomic E-state index is 12.2. The smallest absolute Gasteiger partial charge is 0.246 e. The van der Waals surface area contributed by atoms with Crippen molar-refractivity contribution in [3.8, 4) is 0 Å². The molecule has 3 nitrogen and oxygen atoms in total. The van der Waals surface area contributed by atoms with Crippen molar-refractivity contribution < 1.29 is 4.79 Å². The molecule has 0 aromatic heterocycles. The Kier molecular flexibility index (Phi) is 6.09. The second kappa shape index (κ2) is 7.83. The van der Waals surface area contributed by atoms with E-state index in [0.717, 1.165) is 44.7 Å². The standard InChI is InChI=1S/C16H20Cl2N2O/c1-2-7-19-8-10-20(11-9-19)16(21)6-4-13-3-5-14(17)12-15(13)18/h3-6,12H,2,7-11H2,1H3. The number of benzene rings is 1. The van der Waals surface area contributed by atoms with Crippen molar-refractivity contribution in [2.45, 2.75) is 13.3 Å². The lowest BCUT2D eigenvalue weighted by molar-refractivity contribution is -0.127. The van der Waals surface area contributed by atoms with Crippen LogP contribution in [0.4, 0.5) is 0 Å². The molecule has 1 amide bonds. The third-order valence-electron chi connectivity index (χ3n) is 3.59. The first-order valence-corrected chi connectivity index (χ1v) is 8.00. The van der Waals surface area contributed by atoms with Crippen LogP contribution in [0.1, 0.15) is 18.9 Å². The molecule has 0 bridgehead atoms. The molecule has 0 saturated carbocycles. The van der Waals surface area contributed by atoms with Crippen molar-refractivity contribution in [3.05, 3.63) is 39.9 Å².